The summed E-state index contributed by atoms with van der Waals surface area (Å²) >= 11 is 0. The lowest BCUT2D eigenvalue weighted by Gasteiger charge is -2.09. The Balaban J connectivity index is 2.02. The smallest absolute Gasteiger partial charge is 0.0946 e. The van der Waals surface area contributed by atoms with Crippen molar-refractivity contribution < 1.29 is 5.11 Å². The van der Waals surface area contributed by atoms with Gasteiger partial charge in [-0.3, -0.25) is 0 Å². The Kier molecular flexibility index (Phi) is 4.49. The number of aliphatic hydroxyl groups excluding tert-OH is 1. The average Bonchev–Trinajstić information content (AvgIpc) is 2.64. The van der Waals surface area contributed by atoms with Crippen LogP contribution in [0.4, 0.5) is 0 Å². The molecule has 2 N–H and O–H groups in total. The minimum Gasteiger partial charge on any atom is -0.392 e. The summed E-state index contributed by atoms with van der Waals surface area (Å²) in [7, 11) is 0. The van der Waals surface area contributed by atoms with Crippen molar-refractivity contribution in [3.05, 3.63) is 18.7 Å². The van der Waals surface area contributed by atoms with E-state index in [4.69, 9.17) is 0 Å². The van der Waals surface area contributed by atoms with Gasteiger partial charge in [-0.05, 0) is 6.42 Å². The van der Waals surface area contributed by atoms with Gasteiger partial charge >= 0.3 is 0 Å². The minimum absolute atomic E-state index is 0.220. The Labute approximate surface area is 78.6 Å². The normalized spacial score (nSPS) is 13.1. The number of imidazole rings is 1. The van der Waals surface area contributed by atoms with E-state index in [1.807, 2.05) is 17.7 Å². The summed E-state index contributed by atoms with van der Waals surface area (Å²) in [6.45, 7) is 4.41. The number of hydrogen-bond donors (Lipinski definition) is 2. The first-order chi connectivity index (χ1) is 6.33. The molecule has 0 aliphatic heterocycles. The Morgan fingerprint density at radius 3 is 3.08 bits per heavy atom. The quantitative estimate of drug-likeness (QED) is 0.621. The Bertz CT molecular complexity index is 211. The number of rotatable bonds is 6. The second-order valence-electron chi connectivity index (χ2n) is 3.07. The zero-order valence-electron chi connectivity index (χ0n) is 7.98. The molecule has 0 radical (unpaired) electrons. The fraction of sp³-hybridized carbons (Fsp3) is 0.667. The van der Waals surface area contributed by atoms with E-state index in [0.717, 1.165) is 19.5 Å². The Morgan fingerprint density at radius 1 is 1.62 bits per heavy atom. The first-order valence-corrected chi connectivity index (χ1v) is 4.67. The molecule has 0 bridgehead atoms. The Morgan fingerprint density at radius 2 is 2.46 bits per heavy atom. The van der Waals surface area contributed by atoms with Crippen LogP contribution in [0.5, 0.6) is 0 Å². The van der Waals surface area contributed by atoms with E-state index in [1.165, 1.54) is 0 Å². The maximum absolute atomic E-state index is 9.23. The van der Waals surface area contributed by atoms with Crippen molar-refractivity contribution in [1.82, 2.24) is 14.9 Å². The van der Waals surface area contributed by atoms with Crippen LogP contribution in [0.3, 0.4) is 0 Å². The monoisotopic (exact) mass is 183 g/mol. The number of nitrogens with zero attached hydrogens (tertiary/aromatic N) is 2. The van der Waals surface area contributed by atoms with E-state index < -0.39 is 0 Å². The van der Waals surface area contributed by atoms with Crippen LogP contribution in [0.25, 0.3) is 0 Å². The second kappa shape index (κ2) is 5.72. The highest BCUT2D eigenvalue weighted by molar-refractivity contribution is 4.74. The predicted molar refractivity (Wildman–Crippen MR) is 51.4 cm³/mol. The molecule has 1 aromatic rings. The lowest BCUT2D eigenvalue weighted by atomic mass is 10.3. The molecule has 4 nitrogen and oxygen atoms in total. The molecule has 0 fully saturated rings. The third-order valence-electron chi connectivity index (χ3n) is 1.96. The van der Waals surface area contributed by atoms with E-state index in [-0.39, 0.29) is 6.10 Å². The van der Waals surface area contributed by atoms with Crippen LogP contribution in [-0.2, 0) is 6.54 Å². The highest BCUT2D eigenvalue weighted by Crippen LogP contribution is 1.87. The average molecular weight is 183 g/mol. The van der Waals surface area contributed by atoms with Gasteiger partial charge in [0, 0.05) is 32.0 Å². The van der Waals surface area contributed by atoms with Crippen molar-refractivity contribution >= 4 is 0 Å². The van der Waals surface area contributed by atoms with Crippen LogP contribution in [0.15, 0.2) is 18.7 Å². The molecule has 1 atom stereocenters. The van der Waals surface area contributed by atoms with Crippen molar-refractivity contribution in [3.8, 4) is 0 Å². The van der Waals surface area contributed by atoms with E-state index in [9.17, 15) is 5.11 Å². The summed E-state index contributed by atoms with van der Waals surface area (Å²) in [6, 6.07) is 0. The number of nitrogens with one attached hydrogen (secondary N) is 1. The standard InChI is InChI=1S/C9H17N3O/c1-2-9(13)7-10-3-5-12-6-4-11-8-12/h4,6,8-10,13H,2-3,5,7H2,1H3. The lowest BCUT2D eigenvalue weighted by Crippen LogP contribution is -2.28. The van der Waals surface area contributed by atoms with Gasteiger partial charge in [0.1, 0.15) is 0 Å². The van der Waals surface area contributed by atoms with Crippen molar-refractivity contribution in [2.45, 2.75) is 26.0 Å². The van der Waals surface area contributed by atoms with E-state index in [0.29, 0.717) is 6.54 Å². The van der Waals surface area contributed by atoms with E-state index >= 15 is 0 Å². The molecule has 0 aliphatic rings. The molecule has 0 saturated heterocycles. The van der Waals surface area contributed by atoms with Crippen molar-refractivity contribution in [3.63, 3.8) is 0 Å². The maximum Gasteiger partial charge on any atom is 0.0946 e. The summed E-state index contributed by atoms with van der Waals surface area (Å²) < 4.78 is 2.01. The SMILES string of the molecule is CCC(O)CNCCn1ccnc1. The Hall–Kier alpha value is -0.870. The summed E-state index contributed by atoms with van der Waals surface area (Å²) in [5, 5.41) is 12.4. The molecule has 4 heteroatoms. The molecule has 0 amide bonds. The van der Waals surface area contributed by atoms with Gasteiger partial charge in [0.25, 0.3) is 0 Å². The van der Waals surface area contributed by atoms with Gasteiger partial charge in [-0.1, -0.05) is 6.92 Å². The molecule has 1 heterocycles. The van der Waals surface area contributed by atoms with Crippen LogP contribution in [-0.4, -0.2) is 33.9 Å². The molecule has 1 rings (SSSR count). The van der Waals surface area contributed by atoms with Gasteiger partial charge in [-0.25, -0.2) is 4.98 Å². The van der Waals surface area contributed by atoms with Crippen molar-refractivity contribution in [2.24, 2.45) is 0 Å². The molecule has 13 heavy (non-hydrogen) atoms. The van der Waals surface area contributed by atoms with Gasteiger partial charge in [-0.15, -0.1) is 0 Å². The summed E-state index contributed by atoms with van der Waals surface area (Å²) in [4.78, 5) is 3.94. The van der Waals surface area contributed by atoms with Crippen LogP contribution >= 0.6 is 0 Å². The maximum atomic E-state index is 9.23. The van der Waals surface area contributed by atoms with Crippen molar-refractivity contribution in [1.29, 1.82) is 0 Å². The number of hydrogen-bond acceptors (Lipinski definition) is 3. The summed E-state index contributed by atoms with van der Waals surface area (Å²) in [6.07, 6.45) is 6.07. The van der Waals surface area contributed by atoms with Crippen LogP contribution in [0.1, 0.15) is 13.3 Å². The van der Waals surface area contributed by atoms with Gasteiger partial charge in [0.15, 0.2) is 0 Å². The fourth-order valence-electron chi connectivity index (χ4n) is 1.04. The first kappa shape index (κ1) is 10.2. The van der Waals surface area contributed by atoms with E-state index in [2.05, 4.69) is 10.3 Å². The molecule has 0 saturated carbocycles. The highest BCUT2D eigenvalue weighted by atomic mass is 16.3. The summed E-state index contributed by atoms with van der Waals surface area (Å²) in [5.41, 5.74) is 0. The third-order valence-corrected chi connectivity index (χ3v) is 1.96. The minimum atomic E-state index is -0.220. The summed E-state index contributed by atoms with van der Waals surface area (Å²) in [5.74, 6) is 0. The molecule has 0 aromatic carbocycles. The van der Waals surface area contributed by atoms with Crippen LogP contribution < -0.4 is 5.32 Å². The molecular weight excluding hydrogens is 166 g/mol. The van der Waals surface area contributed by atoms with Gasteiger partial charge in [0.05, 0.1) is 12.4 Å². The molecule has 1 unspecified atom stereocenters. The van der Waals surface area contributed by atoms with Gasteiger partial charge < -0.3 is 15.0 Å². The van der Waals surface area contributed by atoms with E-state index in [1.54, 1.807) is 12.5 Å². The zero-order chi connectivity index (χ0) is 9.52. The highest BCUT2D eigenvalue weighted by Gasteiger charge is 1.98. The second-order valence-corrected chi connectivity index (χ2v) is 3.07. The zero-order valence-corrected chi connectivity index (χ0v) is 7.98. The predicted octanol–water partition coefficient (Wildman–Crippen LogP) is 0.244. The van der Waals surface area contributed by atoms with Gasteiger partial charge in [-0.2, -0.15) is 0 Å². The topological polar surface area (TPSA) is 50.1 Å². The number of aromatic nitrogens is 2. The fourth-order valence-corrected chi connectivity index (χ4v) is 1.04. The van der Waals surface area contributed by atoms with Crippen molar-refractivity contribution in [2.75, 3.05) is 13.1 Å². The van der Waals surface area contributed by atoms with Crippen LogP contribution in [0, 0.1) is 0 Å². The van der Waals surface area contributed by atoms with Gasteiger partial charge in [0.2, 0.25) is 0 Å². The molecule has 1 aromatic heterocycles. The third kappa shape index (κ3) is 4.05. The first-order valence-electron chi connectivity index (χ1n) is 4.67. The molecule has 0 spiro atoms. The molecular formula is C9H17N3O. The number of aliphatic hydroxyl groups is 1. The molecule has 0 aliphatic carbocycles. The largest absolute Gasteiger partial charge is 0.392 e. The van der Waals surface area contributed by atoms with Crippen LogP contribution in [0.2, 0.25) is 0 Å². The molecule has 74 valence electrons. The lowest BCUT2D eigenvalue weighted by molar-refractivity contribution is 0.167.